The van der Waals surface area contributed by atoms with Crippen molar-refractivity contribution < 1.29 is 4.74 Å². The van der Waals surface area contributed by atoms with Gasteiger partial charge in [-0.3, -0.25) is 0 Å². The molecule has 1 N–H and O–H groups in total. The maximum atomic E-state index is 5.46. The molecule has 2 heterocycles. The molecular formula is C8H12N2OS. The van der Waals surface area contributed by atoms with Gasteiger partial charge in [-0.15, -0.1) is 0 Å². The van der Waals surface area contributed by atoms with Crippen LogP contribution in [0.25, 0.3) is 0 Å². The van der Waals surface area contributed by atoms with Crippen LogP contribution in [-0.4, -0.2) is 22.3 Å². The first kappa shape index (κ1) is 8.01. The second-order valence-corrected chi connectivity index (χ2v) is 3.49. The van der Waals surface area contributed by atoms with Gasteiger partial charge in [-0.1, -0.05) is 0 Å². The molecule has 1 aromatic heterocycles. The molecule has 1 aromatic rings. The number of nitrogens with one attached hydrogen (secondary N) is 1. The molecule has 1 saturated heterocycles. The van der Waals surface area contributed by atoms with E-state index in [1.54, 1.807) is 0 Å². The molecule has 2 atom stereocenters. The first-order valence-electron chi connectivity index (χ1n) is 4.16. The molecule has 66 valence electrons. The van der Waals surface area contributed by atoms with Crippen molar-refractivity contribution in [3.8, 4) is 0 Å². The van der Waals surface area contributed by atoms with Gasteiger partial charge in [0, 0.05) is 19.0 Å². The van der Waals surface area contributed by atoms with Crippen LogP contribution in [0.4, 0.5) is 0 Å². The summed E-state index contributed by atoms with van der Waals surface area (Å²) >= 11 is 5.13. The third-order valence-electron chi connectivity index (χ3n) is 2.37. The molecule has 0 bridgehead atoms. The molecule has 3 nitrogen and oxygen atoms in total. The summed E-state index contributed by atoms with van der Waals surface area (Å²) in [6, 6.07) is 0.420. The van der Waals surface area contributed by atoms with Gasteiger partial charge in [0.1, 0.15) is 0 Å². The normalized spacial score (nSPS) is 29.4. The van der Waals surface area contributed by atoms with E-state index in [1.807, 2.05) is 12.4 Å². The zero-order valence-corrected chi connectivity index (χ0v) is 7.80. The van der Waals surface area contributed by atoms with E-state index in [-0.39, 0.29) is 6.10 Å². The van der Waals surface area contributed by atoms with E-state index in [0.717, 1.165) is 17.8 Å². The van der Waals surface area contributed by atoms with Gasteiger partial charge < -0.3 is 14.3 Å². The summed E-state index contributed by atoms with van der Waals surface area (Å²) < 4.78 is 8.33. The van der Waals surface area contributed by atoms with Gasteiger partial charge in [0.2, 0.25) is 0 Å². The molecule has 0 aromatic carbocycles. The van der Waals surface area contributed by atoms with E-state index in [4.69, 9.17) is 17.0 Å². The number of H-pyrrole nitrogens is 1. The number of hydrogen-bond donors (Lipinski definition) is 1. The van der Waals surface area contributed by atoms with Crippen molar-refractivity contribution in [2.24, 2.45) is 0 Å². The Morgan fingerprint density at radius 2 is 2.58 bits per heavy atom. The van der Waals surface area contributed by atoms with Crippen LogP contribution in [-0.2, 0) is 4.74 Å². The number of nitrogens with zero attached hydrogens (tertiary/aromatic N) is 1. The third-order valence-corrected chi connectivity index (χ3v) is 2.70. The van der Waals surface area contributed by atoms with Crippen molar-refractivity contribution >= 4 is 12.2 Å². The molecule has 0 radical (unpaired) electrons. The Labute approximate surface area is 76.4 Å². The summed E-state index contributed by atoms with van der Waals surface area (Å²) in [5.41, 5.74) is 0. The van der Waals surface area contributed by atoms with Crippen molar-refractivity contribution in [3.63, 3.8) is 0 Å². The fourth-order valence-corrected chi connectivity index (χ4v) is 1.94. The Hall–Kier alpha value is -0.610. The smallest absolute Gasteiger partial charge is 0.177 e. The van der Waals surface area contributed by atoms with Crippen molar-refractivity contribution in [1.82, 2.24) is 9.55 Å². The molecule has 12 heavy (non-hydrogen) atoms. The number of imidazole rings is 1. The first-order chi connectivity index (χ1) is 5.79. The summed E-state index contributed by atoms with van der Waals surface area (Å²) in [7, 11) is 0. The van der Waals surface area contributed by atoms with Crippen LogP contribution in [0.3, 0.4) is 0 Å². The van der Waals surface area contributed by atoms with Crippen molar-refractivity contribution in [2.45, 2.75) is 25.5 Å². The van der Waals surface area contributed by atoms with E-state index in [2.05, 4.69) is 16.5 Å². The highest BCUT2D eigenvalue weighted by Crippen LogP contribution is 2.25. The summed E-state index contributed by atoms with van der Waals surface area (Å²) in [5.74, 6) is 0. The second kappa shape index (κ2) is 3.03. The van der Waals surface area contributed by atoms with Crippen molar-refractivity contribution in [3.05, 3.63) is 17.2 Å². The quantitative estimate of drug-likeness (QED) is 0.675. The maximum Gasteiger partial charge on any atom is 0.177 e. The Kier molecular flexibility index (Phi) is 2.02. The Bertz CT molecular complexity index is 317. The Balaban J connectivity index is 2.30. The van der Waals surface area contributed by atoms with Crippen molar-refractivity contribution in [2.75, 3.05) is 6.61 Å². The fourth-order valence-electron chi connectivity index (χ4n) is 1.68. The summed E-state index contributed by atoms with van der Waals surface area (Å²) in [6.07, 6.45) is 5.20. The lowest BCUT2D eigenvalue weighted by atomic mass is 10.1. The minimum absolute atomic E-state index is 0.285. The van der Waals surface area contributed by atoms with Gasteiger partial charge in [0.15, 0.2) is 4.77 Å². The maximum absolute atomic E-state index is 5.46. The van der Waals surface area contributed by atoms with Gasteiger partial charge in [-0.05, 0) is 25.6 Å². The molecule has 4 heteroatoms. The highest BCUT2D eigenvalue weighted by atomic mass is 32.1. The zero-order chi connectivity index (χ0) is 8.55. The molecule has 1 aliphatic heterocycles. The molecule has 0 saturated carbocycles. The average Bonchev–Trinajstić information content (AvgIpc) is 2.59. The standard InChI is InChI=1S/C8H12N2OS/c1-6-7(2-5-11-6)10-4-3-9-8(10)12/h3-4,6-7H,2,5H2,1H3,(H,9,12). The second-order valence-electron chi connectivity index (χ2n) is 3.10. The van der Waals surface area contributed by atoms with Gasteiger partial charge in [0.25, 0.3) is 0 Å². The number of ether oxygens (including phenoxy) is 1. The van der Waals surface area contributed by atoms with Crippen molar-refractivity contribution in [1.29, 1.82) is 0 Å². The fraction of sp³-hybridized carbons (Fsp3) is 0.625. The van der Waals surface area contributed by atoms with Gasteiger partial charge in [-0.25, -0.2) is 0 Å². The van der Waals surface area contributed by atoms with Crippen LogP contribution < -0.4 is 0 Å². The highest BCUT2D eigenvalue weighted by Gasteiger charge is 2.25. The molecule has 0 aliphatic carbocycles. The lowest BCUT2D eigenvalue weighted by Gasteiger charge is -2.14. The third kappa shape index (κ3) is 1.21. The van der Waals surface area contributed by atoms with Gasteiger partial charge in [0.05, 0.1) is 12.1 Å². The largest absolute Gasteiger partial charge is 0.376 e. The predicted octanol–water partition coefficient (Wildman–Crippen LogP) is 1.90. The number of aromatic nitrogens is 2. The molecule has 2 unspecified atom stereocenters. The molecule has 1 aliphatic rings. The predicted molar refractivity (Wildman–Crippen MR) is 48.7 cm³/mol. The monoisotopic (exact) mass is 184 g/mol. The van der Waals surface area contributed by atoms with Crippen LogP contribution in [0.1, 0.15) is 19.4 Å². The van der Waals surface area contributed by atoms with Gasteiger partial charge >= 0.3 is 0 Å². The van der Waals surface area contributed by atoms with Crippen LogP contribution in [0, 0.1) is 4.77 Å². The van der Waals surface area contributed by atoms with Crippen LogP contribution in [0.5, 0.6) is 0 Å². The van der Waals surface area contributed by atoms with E-state index < -0.39 is 0 Å². The minimum Gasteiger partial charge on any atom is -0.376 e. The molecule has 1 fully saturated rings. The van der Waals surface area contributed by atoms with E-state index in [0.29, 0.717) is 6.04 Å². The summed E-state index contributed by atoms with van der Waals surface area (Å²) in [5, 5.41) is 0. The molecular weight excluding hydrogens is 172 g/mol. The van der Waals surface area contributed by atoms with Crippen LogP contribution in [0.15, 0.2) is 12.4 Å². The number of aromatic amines is 1. The zero-order valence-electron chi connectivity index (χ0n) is 6.99. The number of rotatable bonds is 1. The SMILES string of the molecule is CC1OCCC1n1cc[nH]c1=S. The summed E-state index contributed by atoms with van der Waals surface area (Å²) in [6.45, 7) is 2.94. The molecule has 2 rings (SSSR count). The van der Waals surface area contributed by atoms with E-state index >= 15 is 0 Å². The Morgan fingerprint density at radius 3 is 3.08 bits per heavy atom. The first-order valence-corrected chi connectivity index (χ1v) is 4.57. The lowest BCUT2D eigenvalue weighted by Crippen LogP contribution is -2.15. The van der Waals surface area contributed by atoms with Gasteiger partial charge in [-0.2, -0.15) is 0 Å². The molecule has 0 spiro atoms. The van der Waals surface area contributed by atoms with E-state index in [9.17, 15) is 0 Å². The van der Waals surface area contributed by atoms with Crippen LogP contribution >= 0.6 is 12.2 Å². The van der Waals surface area contributed by atoms with E-state index in [1.165, 1.54) is 0 Å². The summed E-state index contributed by atoms with van der Waals surface area (Å²) in [4.78, 5) is 2.99. The minimum atomic E-state index is 0.285. The lowest BCUT2D eigenvalue weighted by molar-refractivity contribution is 0.107. The molecule has 0 amide bonds. The average molecular weight is 184 g/mol. The number of hydrogen-bond acceptors (Lipinski definition) is 2. The highest BCUT2D eigenvalue weighted by molar-refractivity contribution is 7.71. The van der Waals surface area contributed by atoms with Crippen LogP contribution in [0.2, 0.25) is 0 Å². The Morgan fingerprint density at radius 1 is 1.75 bits per heavy atom. The topological polar surface area (TPSA) is 29.9 Å².